The minimum absolute atomic E-state index is 0.0104. The highest BCUT2D eigenvalue weighted by Crippen LogP contribution is 2.52. The van der Waals surface area contributed by atoms with Gasteiger partial charge in [0.05, 0.1) is 35.9 Å². The van der Waals surface area contributed by atoms with Gasteiger partial charge in [-0.1, -0.05) is 62.3 Å². The van der Waals surface area contributed by atoms with E-state index in [0.717, 1.165) is 36.2 Å². The number of nitrogens with zero attached hydrogens (tertiary/aromatic N) is 2. The molecule has 17 nitrogen and oxygen atoms in total. The van der Waals surface area contributed by atoms with E-state index in [2.05, 4.69) is 28.8 Å². The highest BCUT2D eigenvalue weighted by molar-refractivity contribution is 7.99. The summed E-state index contributed by atoms with van der Waals surface area (Å²) in [5.41, 5.74) is -3.16. The molecule has 1 aromatic heterocycles. The van der Waals surface area contributed by atoms with Gasteiger partial charge in [-0.25, -0.2) is 0 Å². The number of aliphatic hydroxyl groups is 5. The normalized spacial score (nSPS) is 37.7. The third-order valence-corrected chi connectivity index (χ3v) is 19.9. The van der Waals surface area contributed by atoms with Crippen LogP contribution in [-0.4, -0.2) is 191 Å². The first-order chi connectivity index (χ1) is 37.5. The zero-order valence-corrected chi connectivity index (χ0v) is 51.5. The van der Waals surface area contributed by atoms with Crippen LogP contribution >= 0.6 is 34.7 Å². The number of likely N-dealkylation sites (N-methyl/N-ethyl adjacent to an activating group) is 2. The van der Waals surface area contributed by atoms with Crippen molar-refractivity contribution in [2.45, 2.75) is 195 Å². The van der Waals surface area contributed by atoms with Crippen molar-refractivity contribution in [2.24, 2.45) is 17.8 Å². The Morgan fingerprint density at radius 2 is 1.64 bits per heavy atom. The number of hydrogen-bond donors (Lipinski definition) is 7. The molecule has 7 N–H and O–H groups in total. The third-order valence-electron chi connectivity index (χ3n) is 17.4. The van der Waals surface area contributed by atoms with Crippen LogP contribution < -0.4 is 10.6 Å². The molecule has 4 aliphatic rings. The molecule has 2 aromatic carbocycles. The summed E-state index contributed by atoms with van der Waals surface area (Å²) in [6.07, 6.45) is -5.06. The Morgan fingerprint density at radius 3 is 2.33 bits per heavy atom. The molecule has 1 amide bonds. The molecule has 7 rings (SSSR count). The van der Waals surface area contributed by atoms with Crippen LogP contribution in [0.15, 0.2) is 64.4 Å². The number of esters is 1. The van der Waals surface area contributed by atoms with Gasteiger partial charge in [0.2, 0.25) is 5.91 Å². The number of halogens is 1. The van der Waals surface area contributed by atoms with Gasteiger partial charge >= 0.3 is 5.97 Å². The van der Waals surface area contributed by atoms with Crippen LogP contribution in [0.3, 0.4) is 0 Å². The predicted molar refractivity (Wildman–Crippen MR) is 312 cm³/mol. The molecule has 4 aliphatic heterocycles. The molecule has 5 heterocycles. The molecule has 0 unspecified atom stereocenters. The summed E-state index contributed by atoms with van der Waals surface area (Å²) < 4.78 is 39.0. The van der Waals surface area contributed by atoms with E-state index in [9.17, 15) is 35.1 Å². The number of fused-ring (bicyclic) bond motifs is 5. The number of hydrogen-bond acceptors (Lipinski definition) is 18. The smallest absolute Gasteiger partial charge is 0.311 e. The molecule has 80 heavy (non-hydrogen) atoms. The maximum Gasteiger partial charge on any atom is 0.311 e. The van der Waals surface area contributed by atoms with Crippen molar-refractivity contribution >= 4 is 52.7 Å². The molecule has 0 radical (unpaired) electrons. The zero-order chi connectivity index (χ0) is 58.8. The first kappa shape index (κ1) is 64.5. The molecule has 3 saturated heterocycles. The number of cyclic esters (lactones) is 1. The van der Waals surface area contributed by atoms with E-state index >= 15 is 0 Å². The average Bonchev–Trinajstić information content (AvgIpc) is 3.78. The van der Waals surface area contributed by atoms with Crippen LogP contribution in [-0.2, 0) is 38.0 Å². The second-order valence-electron chi connectivity index (χ2n) is 23.9. The fraction of sp³-hybridized carbons (Fsp3) is 0.667. The summed E-state index contributed by atoms with van der Waals surface area (Å²) in [4.78, 5) is 35.9. The van der Waals surface area contributed by atoms with Gasteiger partial charge in [0.15, 0.2) is 12.6 Å². The summed E-state index contributed by atoms with van der Waals surface area (Å²) in [6.45, 7) is 18.5. The average molecular weight is 1170 g/mol. The first-order valence-corrected chi connectivity index (χ1v) is 30.2. The molecule has 3 aromatic rings. The lowest BCUT2D eigenvalue weighted by Crippen LogP contribution is -2.70. The molecule has 3 fully saturated rings. The minimum Gasteiger partial charge on any atom is -0.459 e. The first-order valence-electron chi connectivity index (χ1n) is 28.2. The van der Waals surface area contributed by atoms with Crippen molar-refractivity contribution in [3.8, 4) is 21.6 Å². The number of benzene rings is 2. The van der Waals surface area contributed by atoms with Crippen LogP contribution in [0.5, 0.6) is 0 Å². The summed E-state index contributed by atoms with van der Waals surface area (Å²) in [7, 11) is 7.09. The zero-order valence-electron chi connectivity index (χ0n) is 49.1. The van der Waals surface area contributed by atoms with E-state index in [1.807, 2.05) is 88.1 Å². The number of carbonyl (C=O) groups is 2. The van der Waals surface area contributed by atoms with E-state index in [1.54, 1.807) is 64.6 Å². The number of amides is 1. The van der Waals surface area contributed by atoms with Crippen molar-refractivity contribution in [3.05, 3.63) is 64.5 Å². The SMILES string of the molecule is CC[C@H]1OC(=O)[C@H](C)[C@@H](O[C@H]2C[C@@](C)(OC)[C@](O)(CNCCNC(=O)/C=C/c3cc4c(s3)-c3cc(Cl)ccc3Sc3ccccc3-4)[C@H](C)O2)[C@H](C)[C@@H](O[C@@H]2O[C@H](C)C[C@H](N(C)C)[C@H]2O)[C@](C)(O)C[C@@H](C)CN(C)[C@H](C)[C@@H](O)[C@]1(C)O. The lowest BCUT2D eigenvalue weighted by Gasteiger charge is -2.53. The Kier molecular flexibility index (Phi) is 21.3. The van der Waals surface area contributed by atoms with Crippen molar-refractivity contribution < 1.29 is 63.5 Å². The summed E-state index contributed by atoms with van der Waals surface area (Å²) in [5, 5.41) is 67.7. The monoisotopic (exact) mass is 1170 g/mol. The second-order valence-corrected chi connectivity index (χ2v) is 26.5. The number of carbonyl (C=O) groups excluding carboxylic acids is 2. The second kappa shape index (κ2) is 26.5. The molecule has 18 atom stereocenters. The third kappa shape index (κ3) is 14.0. The molecule has 0 bridgehead atoms. The van der Waals surface area contributed by atoms with Gasteiger partial charge < -0.3 is 74.4 Å². The number of aliphatic hydroxyl groups excluding tert-OH is 2. The molecule has 0 spiro atoms. The van der Waals surface area contributed by atoms with Crippen molar-refractivity contribution in [2.75, 3.05) is 54.4 Å². The summed E-state index contributed by atoms with van der Waals surface area (Å²) in [5.74, 6) is -3.15. The predicted octanol–water partition coefficient (Wildman–Crippen LogP) is 7.20. The van der Waals surface area contributed by atoms with Gasteiger partial charge in [-0.05, 0) is 137 Å². The van der Waals surface area contributed by atoms with Crippen molar-refractivity contribution in [1.82, 2.24) is 20.4 Å². The van der Waals surface area contributed by atoms with E-state index in [4.69, 9.17) is 40.0 Å². The molecule has 0 saturated carbocycles. The summed E-state index contributed by atoms with van der Waals surface area (Å²) >= 11 is 9.79. The van der Waals surface area contributed by atoms with Crippen LogP contribution in [0.25, 0.3) is 27.6 Å². The number of methoxy groups -OCH3 is 1. The van der Waals surface area contributed by atoms with Crippen molar-refractivity contribution in [1.29, 1.82) is 0 Å². The highest BCUT2D eigenvalue weighted by atomic mass is 35.5. The molecule has 446 valence electrons. The molecule has 20 heteroatoms. The standard InChI is InChI=1S/C60H89ClN4O13S2/c1-15-47-59(10,71)53(68)37(6)65(13)31-33(2)29-57(8,70)54(78-56-50(67)44(64(11)12)26-34(3)74-56)35(4)51(36(5)55(69)76-47)77-49-30-58(9,73-14)60(72,38(7)75-49)32-62-24-25-63-48(66)23-21-40-28-42-41-18-16-17-19-45(41)80-46-22-20-39(61)27-43(46)52(42)79-40/h16-23,27-28,33-38,44,47,49-51,53-54,56,62,67-68,70-72H,15,24-26,29-32H2,1-14H3,(H,63,66)/b23-21+/t33-,34-,35+,36-,37-,38+,44+,47-,49+,50-,51+,53-,54-,56+,57-,58-,59-,60+/m1/s1. The number of rotatable bonds is 14. The Labute approximate surface area is 487 Å². The van der Waals surface area contributed by atoms with Crippen LogP contribution in [0.4, 0.5) is 0 Å². The van der Waals surface area contributed by atoms with Gasteiger partial charge in [0.1, 0.15) is 35.1 Å². The Bertz CT molecular complexity index is 2620. The molecular formula is C60H89ClN4O13S2. The lowest BCUT2D eigenvalue weighted by atomic mass is 9.75. The Hall–Kier alpha value is -3.06. The lowest BCUT2D eigenvalue weighted by molar-refractivity contribution is -0.336. The van der Waals surface area contributed by atoms with Gasteiger partial charge in [-0.2, -0.15) is 0 Å². The molecule has 0 aliphatic carbocycles. The van der Waals surface area contributed by atoms with Gasteiger partial charge in [-0.15, -0.1) is 11.3 Å². The maximum absolute atomic E-state index is 14.7. The van der Waals surface area contributed by atoms with Crippen LogP contribution in [0.1, 0.15) is 99.8 Å². The number of nitrogens with one attached hydrogen (secondary N) is 2. The Morgan fingerprint density at radius 1 is 0.938 bits per heavy atom. The van der Waals surface area contributed by atoms with E-state index in [0.29, 0.717) is 24.5 Å². The largest absolute Gasteiger partial charge is 0.459 e. The van der Waals surface area contributed by atoms with Crippen LogP contribution in [0.2, 0.25) is 5.02 Å². The van der Waals surface area contributed by atoms with E-state index in [1.165, 1.54) is 20.1 Å². The van der Waals surface area contributed by atoms with E-state index < -0.39 is 95.5 Å². The number of ether oxygens (including phenoxy) is 6. The Balaban J connectivity index is 1.08. The minimum atomic E-state index is -1.86. The highest BCUT2D eigenvalue weighted by Gasteiger charge is 2.58. The summed E-state index contributed by atoms with van der Waals surface area (Å²) in [6, 6.07) is 15.4. The number of thiophene rings is 1. The fourth-order valence-electron chi connectivity index (χ4n) is 12.5. The van der Waals surface area contributed by atoms with Gasteiger partial charge in [-0.3, -0.25) is 9.59 Å². The topological polar surface area (TPSA) is 221 Å². The van der Waals surface area contributed by atoms with Gasteiger partial charge in [0.25, 0.3) is 0 Å². The van der Waals surface area contributed by atoms with Gasteiger partial charge in [0, 0.05) is 99.5 Å². The molecular weight excluding hydrogens is 1080 g/mol. The van der Waals surface area contributed by atoms with E-state index in [-0.39, 0.29) is 56.3 Å². The maximum atomic E-state index is 14.7. The van der Waals surface area contributed by atoms with Crippen LogP contribution in [0, 0.1) is 17.8 Å². The quantitative estimate of drug-likeness (QED) is 0.0377. The van der Waals surface area contributed by atoms with Crippen molar-refractivity contribution in [3.63, 3.8) is 0 Å². The fourth-order valence-corrected chi connectivity index (χ4v) is 14.9.